The number of benzene rings is 1. The highest BCUT2D eigenvalue weighted by Gasteiger charge is 2.45. The first kappa shape index (κ1) is 22.3. The molecule has 0 saturated heterocycles. The molecule has 0 aliphatic heterocycles. The van der Waals surface area contributed by atoms with E-state index in [0.29, 0.717) is 24.2 Å². The van der Waals surface area contributed by atoms with Crippen molar-refractivity contribution in [2.75, 3.05) is 5.32 Å². The summed E-state index contributed by atoms with van der Waals surface area (Å²) in [4.78, 5) is 12.1. The van der Waals surface area contributed by atoms with Gasteiger partial charge >= 0.3 is 0 Å². The molecule has 1 aromatic carbocycles. The lowest BCUT2D eigenvalue weighted by Crippen LogP contribution is -2.19. The second-order valence-electron chi connectivity index (χ2n) is 9.80. The van der Waals surface area contributed by atoms with Crippen molar-refractivity contribution in [1.29, 1.82) is 0 Å². The Morgan fingerprint density at radius 1 is 1.16 bits per heavy atom. The minimum atomic E-state index is -0.354. The molecule has 3 aliphatic carbocycles. The van der Waals surface area contributed by atoms with Gasteiger partial charge < -0.3 is 15.5 Å². The van der Waals surface area contributed by atoms with Gasteiger partial charge in [-0.2, -0.15) is 0 Å². The van der Waals surface area contributed by atoms with Gasteiger partial charge in [0, 0.05) is 18.0 Å². The standard InChI is InChI=1S/C27H37NO3/c29-25(20-9-5-6-10-20)15-14-23-24-17-19(16-21(24)18-26(23)30)8-4-7-13-27(31)28-22-11-2-1-3-12-22/h1-3,8,11-12,14-15,20-21,23-26,29-30H,4-7,9-10,13,16-18H2,(H,28,31)/t21-,23+,24-,25+,26+/m0/s1. The molecule has 31 heavy (non-hydrogen) atoms. The highest BCUT2D eigenvalue weighted by atomic mass is 16.3. The van der Waals surface area contributed by atoms with Crippen molar-refractivity contribution in [3.05, 3.63) is 54.1 Å². The zero-order valence-corrected chi connectivity index (χ0v) is 18.5. The number of allylic oxidation sites excluding steroid dienone is 2. The van der Waals surface area contributed by atoms with E-state index >= 15 is 0 Å². The van der Waals surface area contributed by atoms with Crippen LogP contribution in [-0.2, 0) is 4.79 Å². The van der Waals surface area contributed by atoms with Gasteiger partial charge in [0.15, 0.2) is 0 Å². The van der Waals surface area contributed by atoms with Crippen molar-refractivity contribution in [3.8, 4) is 0 Å². The molecular weight excluding hydrogens is 386 g/mol. The van der Waals surface area contributed by atoms with Crippen LogP contribution in [0.3, 0.4) is 0 Å². The summed E-state index contributed by atoms with van der Waals surface area (Å²) >= 11 is 0. The molecule has 4 heteroatoms. The summed E-state index contributed by atoms with van der Waals surface area (Å²) in [6.45, 7) is 0. The Kier molecular flexibility index (Phi) is 7.62. The Hall–Kier alpha value is -1.91. The third-order valence-electron chi connectivity index (χ3n) is 7.62. The second-order valence-corrected chi connectivity index (χ2v) is 9.80. The maximum absolute atomic E-state index is 12.1. The van der Waals surface area contributed by atoms with Crippen LogP contribution in [0.4, 0.5) is 5.69 Å². The van der Waals surface area contributed by atoms with E-state index in [1.807, 2.05) is 36.4 Å². The third-order valence-corrected chi connectivity index (χ3v) is 7.62. The number of para-hydroxylation sites is 1. The molecule has 3 fully saturated rings. The van der Waals surface area contributed by atoms with Crippen LogP contribution in [0.1, 0.15) is 64.2 Å². The van der Waals surface area contributed by atoms with E-state index in [1.54, 1.807) is 0 Å². The Bertz CT molecular complexity index is 781. The van der Waals surface area contributed by atoms with Crippen molar-refractivity contribution < 1.29 is 15.0 Å². The van der Waals surface area contributed by atoms with Crippen LogP contribution < -0.4 is 5.32 Å². The molecule has 0 heterocycles. The fraction of sp³-hybridized carbons (Fsp3) is 0.593. The smallest absolute Gasteiger partial charge is 0.224 e. The van der Waals surface area contributed by atoms with Crippen LogP contribution in [0.5, 0.6) is 0 Å². The monoisotopic (exact) mass is 423 g/mol. The van der Waals surface area contributed by atoms with Gasteiger partial charge in [-0.05, 0) is 74.8 Å². The SMILES string of the molecule is O=C(CCCC=C1C[C@H]2C[C@@H](O)[C@H](C=C[C@@H](O)C3CCCC3)[C@H]2C1)Nc1ccccc1. The number of hydrogen-bond donors (Lipinski definition) is 3. The second kappa shape index (κ2) is 10.6. The lowest BCUT2D eigenvalue weighted by Gasteiger charge is -2.19. The minimum absolute atomic E-state index is 0.0713. The molecule has 0 radical (unpaired) electrons. The van der Waals surface area contributed by atoms with Crippen LogP contribution in [0, 0.1) is 23.7 Å². The fourth-order valence-electron chi connectivity index (χ4n) is 5.95. The number of amides is 1. The molecule has 4 nitrogen and oxygen atoms in total. The van der Waals surface area contributed by atoms with Gasteiger partial charge in [0.2, 0.25) is 5.91 Å². The number of anilines is 1. The molecule has 0 spiro atoms. The van der Waals surface area contributed by atoms with Crippen LogP contribution >= 0.6 is 0 Å². The molecule has 168 valence electrons. The molecule has 0 unspecified atom stereocenters. The minimum Gasteiger partial charge on any atom is -0.392 e. The van der Waals surface area contributed by atoms with Crippen LogP contribution in [0.25, 0.3) is 0 Å². The zero-order valence-electron chi connectivity index (χ0n) is 18.5. The Morgan fingerprint density at radius 2 is 1.94 bits per heavy atom. The van der Waals surface area contributed by atoms with E-state index in [1.165, 1.54) is 18.4 Å². The number of carbonyl (C=O) groups excluding carboxylic acids is 1. The summed E-state index contributed by atoms with van der Waals surface area (Å²) in [6, 6.07) is 9.60. The molecule has 0 aromatic heterocycles. The van der Waals surface area contributed by atoms with Gasteiger partial charge in [-0.1, -0.05) is 54.8 Å². The lowest BCUT2D eigenvalue weighted by atomic mass is 9.89. The van der Waals surface area contributed by atoms with E-state index < -0.39 is 0 Å². The topological polar surface area (TPSA) is 69.6 Å². The van der Waals surface area contributed by atoms with E-state index in [-0.39, 0.29) is 24.0 Å². The van der Waals surface area contributed by atoms with Gasteiger partial charge in [0.25, 0.3) is 0 Å². The van der Waals surface area contributed by atoms with Crippen LogP contribution in [0.15, 0.2) is 54.1 Å². The van der Waals surface area contributed by atoms with Crippen molar-refractivity contribution >= 4 is 11.6 Å². The number of fused-ring (bicyclic) bond motifs is 1. The predicted octanol–water partition coefficient (Wildman–Crippen LogP) is 5.24. The summed E-state index contributed by atoms with van der Waals surface area (Å²) in [5.41, 5.74) is 2.34. The van der Waals surface area contributed by atoms with Gasteiger partial charge in [-0.15, -0.1) is 0 Å². The number of aliphatic hydroxyl groups excluding tert-OH is 2. The normalized spacial score (nSPS) is 30.8. The molecule has 1 aromatic rings. The first-order valence-electron chi connectivity index (χ1n) is 12.2. The number of hydrogen-bond acceptors (Lipinski definition) is 3. The summed E-state index contributed by atoms with van der Waals surface area (Å²) < 4.78 is 0. The number of carbonyl (C=O) groups is 1. The van der Waals surface area contributed by atoms with E-state index in [4.69, 9.17) is 0 Å². The summed E-state index contributed by atoms with van der Waals surface area (Å²) in [6.07, 6.45) is 15.8. The maximum Gasteiger partial charge on any atom is 0.224 e. The van der Waals surface area contributed by atoms with E-state index in [2.05, 4.69) is 17.5 Å². The summed E-state index contributed by atoms with van der Waals surface area (Å²) in [5.74, 6) is 1.70. The summed E-state index contributed by atoms with van der Waals surface area (Å²) in [7, 11) is 0. The fourth-order valence-corrected chi connectivity index (χ4v) is 5.95. The molecule has 1 amide bonds. The van der Waals surface area contributed by atoms with Crippen molar-refractivity contribution in [1.82, 2.24) is 0 Å². The Labute approximate surface area is 186 Å². The highest BCUT2D eigenvalue weighted by Crippen LogP contribution is 2.50. The third kappa shape index (κ3) is 5.87. The van der Waals surface area contributed by atoms with Gasteiger partial charge in [0.05, 0.1) is 12.2 Å². The molecule has 3 saturated carbocycles. The van der Waals surface area contributed by atoms with Crippen LogP contribution in [0.2, 0.25) is 0 Å². The van der Waals surface area contributed by atoms with Gasteiger partial charge in [-0.3, -0.25) is 4.79 Å². The lowest BCUT2D eigenvalue weighted by molar-refractivity contribution is -0.116. The van der Waals surface area contributed by atoms with Crippen molar-refractivity contribution in [3.63, 3.8) is 0 Å². The average molecular weight is 424 g/mol. The molecular formula is C27H37NO3. The molecule has 5 atom stereocenters. The first-order chi connectivity index (χ1) is 15.1. The van der Waals surface area contributed by atoms with Crippen LogP contribution in [-0.4, -0.2) is 28.3 Å². The highest BCUT2D eigenvalue weighted by molar-refractivity contribution is 5.90. The van der Waals surface area contributed by atoms with Crippen molar-refractivity contribution in [2.24, 2.45) is 23.7 Å². The maximum atomic E-state index is 12.1. The largest absolute Gasteiger partial charge is 0.392 e. The van der Waals surface area contributed by atoms with Gasteiger partial charge in [0.1, 0.15) is 0 Å². The van der Waals surface area contributed by atoms with E-state index in [0.717, 1.165) is 50.6 Å². The summed E-state index contributed by atoms with van der Waals surface area (Å²) in [5, 5.41) is 24.0. The number of unbranched alkanes of at least 4 members (excludes halogenated alkanes) is 1. The number of rotatable bonds is 8. The number of nitrogens with one attached hydrogen (secondary N) is 1. The zero-order chi connectivity index (χ0) is 21.6. The predicted molar refractivity (Wildman–Crippen MR) is 124 cm³/mol. The number of aliphatic hydroxyl groups is 2. The van der Waals surface area contributed by atoms with Crippen molar-refractivity contribution in [2.45, 2.75) is 76.4 Å². The molecule has 4 rings (SSSR count). The Balaban J connectivity index is 1.22. The molecule has 0 bridgehead atoms. The van der Waals surface area contributed by atoms with E-state index in [9.17, 15) is 15.0 Å². The van der Waals surface area contributed by atoms with Gasteiger partial charge in [-0.25, -0.2) is 0 Å². The Morgan fingerprint density at radius 3 is 2.71 bits per heavy atom. The first-order valence-corrected chi connectivity index (χ1v) is 12.2. The average Bonchev–Trinajstić information content (AvgIpc) is 3.48. The molecule has 3 N–H and O–H groups in total. The quantitative estimate of drug-likeness (QED) is 0.396. The molecule has 3 aliphatic rings.